The lowest BCUT2D eigenvalue weighted by molar-refractivity contribution is -0.125. The van der Waals surface area contributed by atoms with Crippen LogP contribution in [0.5, 0.6) is 0 Å². The fraction of sp³-hybridized carbons (Fsp3) is 0.429. The molecular formula is C7H8F2N2O2. The lowest BCUT2D eigenvalue weighted by Gasteiger charge is -2.16. The van der Waals surface area contributed by atoms with Gasteiger partial charge in [-0.25, -0.2) is 8.78 Å². The van der Waals surface area contributed by atoms with Crippen molar-refractivity contribution >= 4 is 11.7 Å². The van der Waals surface area contributed by atoms with E-state index in [0.29, 0.717) is 19.2 Å². The molecule has 13 heavy (non-hydrogen) atoms. The zero-order chi connectivity index (χ0) is 9.84. The Bertz CT molecular complexity index is 263. The Morgan fingerprint density at radius 1 is 1.38 bits per heavy atom. The lowest BCUT2D eigenvalue weighted by atomic mass is 10.2. The summed E-state index contributed by atoms with van der Waals surface area (Å²) in [6.07, 6.45) is -2.44. The van der Waals surface area contributed by atoms with E-state index in [0.717, 1.165) is 0 Å². The van der Waals surface area contributed by atoms with E-state index < -0.39 is 18.1 Å². The molecule has 0 spiro atoms. The van der Waals surface area contributed by atoms with Gasteiger partial charge < -0.3 is 10.6 Å². The van der Waals surface area contributed by atoms with Crippen molar-refractivity contribution in [3.8, 4) is 0 Å². The highest BCUT2D eigenvalue weighted by Crippen LogP contribution is 2.00. The van der Waals surface area contributed by atoms with E-state index >= 15 is 0 Å². The number of halogens is 2. The molecule has 0 bridgehead atoms. The standard InChI is InChI=1S/C7H8F2N2O2/c8-6(9)5(12)3-4-7(13)11-2-1-10-4/h3,6,10H,1-2H2,(H,11,13)/b4-3-. The highest BCUT2D eigenvalue weighted by Gasteiger charge is 2.18. The zero-order valence-corrected chi connectivity index (χ0v) is 6.64. The lowest BCUT2D eigenvalue weighted by Crippen LogP contribution is -2.43. The van der Waals surface area contributed by atoms with Crippen molar-refractivity contribution in [2.75, 3.05) is 13.1 Å². The number of rotatable bonds is 2. The molecular weight excluding hydrogens is 182 g/mol. The van der Waals surface area contributed by atoms with Gasteiger partial charge >= 0.3 is 0 Å². The molecule has 1 rings (SSSR count). The third kappa shape index (κ3) is 2.50. The third-order valence-electron chi connectivity index (χ3n) is 1.47. The summed E-state index contributed by atoms with van der Waals surface area (Å²) in [5.74, 6) is -1.89. The molecule has 0 unspecified atom stereocenters. The van der Waals surface area contributed by atoms with E-state index in [1.54, 1.807) is 0 Å². The summed E-state index contributed by atoms with van der Waals surface area (Å²) in [5, 5.41) is 4.96. The van der Waals surface area contributed by atoms with Crippen LogP contribution in [0.3, 0.4) is 0 Å². The van der Waals surface area contributed by atoms with Gasteiger partial charge in [-0.2, -0.15) is 0 Å². The quantitative estimate of drug-likeness (QED) is 0.573. The molecule has 0 atom stereocenters. The molecule has 1 fully saturated rings. The molecule has 1 aliphatic heterocycles. The smallest absolute Gasteiger partial charge is 0.299 e. The molecule has 1 saturated heterocycles. The van der Waals surface area contributed by atoms with Crippen LogP contribution in [0.1, 0.15) is 0 Å². The maximum atomic E-state index is 11.8. The molecule has 4 nitrogen and oxygen atoms in total. The van der Waals surface area contributed by atoms with Crippen LogP contribution in [0.15, 0.2) is 11.8 Å². The number of carbonyl (C=O) groups is 2. The van der Waals surface area contributed by atoms with Gasteiger partial charge in [0, 0.05) is 19.2 Å². The van der Waals surface area contributed by atoms with E-state index in [1.807, 2.05) is 0 Å². The topological polar surface area (TPSA) is 58.2 Å². The summed E-state index contributed by atoms with van der Waals surface area (Å²) in [6, 6.07) is 0. The van der Waals surface area contributed by atoms with Crippen molar-refractivity contribution in [1.82, 2.24) is 10.6 Å². The van der Waals surface area contributed by atoms with Crippen LogP contribution in [0, 0.1) is 0 Å². The number of amides is 1. The Morgan fingerprint density at radius 2 is 2.00 bits per heavy atom. The number of piperazine rings is 1. The van der Waals surface area contributed by atoms with Gasteiger partial charge in [-0.3, -0.25) is 9.59 Å². The van der Waals surface area contributed by atoms with E-state index in [1.165, 1.54) is 0 Å². The first-order valence-corrected chi connectivity index (χ1v) is 3.67. The molecule has 0 aromatic carbocycles. The van der Waals surface area contributed by atoms with E-state index in [9.17, 15) is 18.4 Å². The molecule has 1 amide bonds. The minimum atomic E-state index is -3.07. The fourth-order valence-electron chi connectivity index (χ4n) is 0.871. The number of hydrogen-bond acceptors (Lipinski definition) is 3. The van der Waals surface area contributed by atoms with Gasteiger partial charge in [-0.15, -0.1) is 0 Å². The monoisotopic (exact) mass is 190 g/mol. The van der Waals surface area contributed by atoms with Gasteiger partial charge in [0.25, 0.3) is 12.3 Å². The summed E-state index contributed by atoms with van der Waals surface area (Å²) in [4.78, 5) is 21.4. The van der Waals surface area contributed by atoms with Crippen LogP contribution in [-0.4, -0.2) is 31.2 Å². The Labute approximate surface area is 73.0 Å². The first-order valence-electron chi connectivity index (χ1n) is 3.67. The van der Waals surface area contributed by atoms with E-state index in [-0.39, 0.29) is 5.70 Å². The van der Waals surface area contributed by atoms with Crippen LogP contribution in [-0.2, 0) is 9.59 Å². The predicted molar refractivity (Wildman–Crippen MR) is 40.1 cm³/mol. The molecule has 1 aliphatic rings. The molecule has 1 heterocycles. The van der Waals surface area contributed by atoms with Gasteiger partial charge in [0.15, 0.2) is 0 Å². The molecule has 0 aromatic rings. The maximum Gasteiger partial charge on any atom is 0.299 e. The van der Waals surface area contributed by atoms with Gasteiger partial charge in [0.2, 0.25) is 5.78 Å². The van der Waals surface area contributed by atoms with Crippen LogP contribution in [0.25, 0.3) is 0 Å². The van der Waals surface area contributed by atoms with Crippen molar-refractivity contribution in [1.29, 1.82) is 0 Å². The fourth-order valence-corrected chi connectivity index (χ4v) is 0.871. The summed E-state index contributed by atoms with van der Waals surface area (Å²) in [6.45, 7) is 0.868. The number of nitrogens with one attached hydrogen (secondary N) is 2. The van der Waals surface area contributed by atoms with Gasteiger partial charge in [0.1, 0.15) is 5.70 Å². The zero-order valence-electron chi connectivity index (χ0n) is 6.64. The number of alkyl halides is 2. The van der Waals surface area contributed by atoms with Crippen molar-refractivity contribution < 1.29 is 18.4 Å². The number of ketones is 1. The summed E-state index contributed by atoms with van der Waals surface area (Å²) in [7, 11) is 0. The Balaban J connectivity index is 2.68. The van der Waals surface area contributed by atoms with Gasteiger partial charge in [-0.05, 0) is 0 Å². The molecule has 0 aromatic heterocycles. The maximum absolute atomic E-state index is 11.8. The van der Waals surface area contributed by atoms with E-state index in [4.69, 9.17) is 0 Å². The minimum Gasteiger partial charge on any atom is -0.379 e. The highest BCUT2D eigenvalue weighted by molar-refractivity contribution is 6.02. The van der Waals surface area contributed by atoms with Crippen LogP contribution in [0.4, 0.5) is 8.78 Å². The molecule has 72 valence electrons. The first-order chi connectivity index (χ1) is 6.11. The Morgan fingerprint density at radius 3 is 2.54 bits per heavy atom. The van der Waals surface area contributed by atoms with Gasteiger partial charge in [0.05, 0.1) is 0 Å². The SMILES string of the molecule is O=C1NCCN/C1=C\C(=O)C(F)F. The summed E-state index contributed by atoms with van der Waals surface area (Å²) >= 11 is 0. The van der Waals surface area contributed by atoms with Crippen molar-refractivity contribution in [3.05, 3.63) is 11.8 Å². The van der Waals surface area contributed by atoms with Crippen molar-refractivity contribution in [2.45, 2.75) is 6.43 Å². The number of allylic oxidation sites excluding steroid dienone is 1. The van der Waals surface area contributed by atoms with Gasteiger partial charge in [-0.1, -0.05) is 0 Å². The minimum absolute atomic E-state index is 0.100. The highest BCUT2D eigenvalue weighted by atomic mass is 19.3. The second kappa shape index (κ2) is 3.97. The molecule has 0 radical (unpaired) electrons. The first kappa shape index (κ1) is 9.63. The Hall–Kier alpha value is -1.46. The third-order valence-corrected chi connectivity index (χ3v) is 1.47. The number of carbonyl (C=O) groups excluding carboxylic acids is 2. The second-order valence-corrected chi connectivity index (χ2v) is 2.44. The molecule has 0 aliphatic carbocycles. The van der Waals surface area contributed by atoms with Crippen LogP contribution in [0.2, 0.25) is 0 Å². The van der Waals surface area contributed by atoms with Crippen molar-refractivity contribution in [3.63, 3.8) is 0 Å². The normalized spacial score (nSPS) is 19.9. The van der Waals surface area contributed by atoms with Crippen LogP contribution >= 0.6 is 0 Å². The van der Waals surface area contributed by atoms with Crippen molar-refractivity contribution in [2.24, 2.45) is 0 Å². The van der Waals surface area contributed by atoms with E-state index in [2.05, 4.69) is 10.6 Å². The molecule has 2 N–H and O–H groups in total. The number of hydrogen-bond donors (Lipinski definition) is 2. The average molecular weight is 190 g/mol. The summed E-state index contributed by atoms with van der Waals surface area (Å²) < 4.78 is 23.5. The second-order valence-electron chi connectivity index (χ2n) is 2.44. The molecule has 0 saturated carbocycles. The predicted octanol–water partition coefficient (Wildman–Crippen LogP) is -0.576. The average Bonchev–Trinajstić information content (AvgIpc) is 2.08. The largest absolute Gasteiger partial charge is 0.379 e. The summed E-state index contributed by atoms with van der Waals surface area (Å²) in [5.41, 5.74) is -0.100. The van der Waals surface area contributed by atoms with Crippen LogP contribution < -0.4 is 10.6 Å². The Kier molecular flexibility index (Phi) is 2.94. The molecule has 6 heteroatoms.